The molecule has 0 spiro atoms. The second-order valence-corrected chi connectivity index (χ2v) is 3.22. The van der Waals surface area contributed by atoms with E-state index >= 15 is 0 Å². The van der Waals surface area contributed by atoms with Crippen LogP contribution in [0.15, 0.2) is 12.3 Å². The Morgan fingerprint density at radius 2 is 2.23 bits per heavy atom. The van der Waals surface area contributed by atoms with Crippen LogP contribution in [0.2, 0.25) is 0 Å². The molecule has 0 aromatic carbocycles. The molecule has 1 atom stereocenters. The quantitative estimate of drug-likeness (QED) is 0.569. The van der Waals surface area contributed by atoms with Gasteiger partial charge in [-0.2, -0.15) is 0 Å². The fourth-order valence-electron chi connectivity index (χ4n) is 1.12. The third-order valence-electron chi connectivity index (χ3n) is 1.69. The third kappa shape index (κ3) is 7.78. The summed E-state index contributed by atoms with van der Waals surface area (Å²) in [5.41, 5.74) is 0. The molecule has 0 fully saturated rings. The second kappa shape index (κ2) is 8.05. The number of hydrogen-bond donors (Lipinski definition) is 0. The summed E-state index contributed by atoms with van der Waals surface area (Å²) >= 11 is 0. The van der Waals surface area contributed by atoms with Gasteiger partial charge in [-0.25, -0.2) is 0 Å². The van der Waals surface area contributed by atoms with Crippen molar-refractivity contribution in [1.29, 1.82) is 0 Å². The van der Waals surface area contributed by atoms with Gasteiger partial charge in [0.2, 0.25) is 0 Å². The number of halogens is 1. The van der Waals surface area contributed by atoms with Gasteiger partial charge in [-0.3, -0.25) is 4.39 Å². The molecule has 1 unspecified atom stereocenters. The Balaban J connectivity index is 3.46. The summed E-state index contributed by atoms with van der Waals surface area (Å²) in [6, 6.07) is 0. The summed E-state index contributed by atoms with van der Waals surface area (Å²) in [5.74, 6) is 0. The number of ether oxygens (including phenoxy) is 1. The first kappa shape index (κ1) is 12.4. The van der Waals surface area contributed by atoms with Crippen LogP contribution in [-0.2, 0) is 4.74 Å². The lowest BCUT2D eigenvalue weighted by Crippen LogP contribution is -2.29. The Kier molecular flexibility index (Phi) is 7.69. The maximum absolute atomic E-state index is 11.8. The van der Waals surface area contributed by atoms with Crippen molar-refractivity contribution in [2.75, 3.05) is 26.8 Å². The molecule has 0 saturated heterocycles. The van der Waals surface area contributed by atoms with E-state index < -0.39 is 0 Å². The first-order chi connectivity index (χ1) is 6.20. The van der Waals surface area contributed by atoms with Gasteiger partial charge in [0.1, 0.15) is 6.10 Å². The van der Waals surface area contributed by atoms with Crippen LogP contribution in [0.5, 0.6) is 0 Å². The molecular formula is C10H20FNO. The van der Waals surface area contributed by atoms with Gasteiger partial charge < -0.3 is 9.64 Å². The molecule has 0 radical (unpaired) electrons. The molecule has 0 heterocycles. The normalized spacial score (nSPS) is 13.9. The molecule has 0 amide bonds. The summed E-state index contributed by atoms with van der Waals surface area (Å²) in [7, 11) is 1.98. The van der Waals surface area contributed by atoms with E-state index in [1.54, 1.807) is 6.26 Å². The molecule has 3 heteroatoms. The van der Waals surface area contributed by atoms with E-state index in [-0.39, 0.29) is 12.8 Å². The van der Waals surface area contributed by atoms with Crippen LogP contribution >= 0.6 is 0 Å². The first-order valence-electron chi connectivity index (χ1n) is 4.71. The third-order valence-corrected chi connectivity index (χ3v) is 1.69. The minimum absolute atomic E-state index is 0.167. The van der Waals surface area contributed by atoms with Crippen LogP contribution in [0.1, 0.15) is 20.3 Å². The highest BCUT2D eigenvalue weighted by atomic mass is 19.1. The highest BCUT2D eigenvalue weighted by Gasteiger charge is 2.04. The van der Waals surface area contributed by atoms with Crippen LogP contribution in [0.4, 0.5) is 4.39 Å². The number of allylic oxidation sites excluding steroid dienone is 1. The summed E-state index contributed by atoms with van der Waals surface area (Å²) in [5, 5.41) is 0. The van der Waals surface area contributed by atoms with Gasteiger partial charge in [0, 0.05) is 13.1 Å². The van der Waals surface area contributed by atoms with E-state index in [0.717, 1.165) is 13.1 Å². The highest BCUT2D eigenvalue weighted by molar-refractivity contribution is 4.69. The maximum atomic E-state index is 11.8. The van der Waals surface area contributed by atoms with Crippen LogP contribution in [0, 0.1) is 0 Å². The van der Waals surface area contributed by atoms with Crippen LogP contribution in [0.3, 0.4) is 0 Å². The van der Waals surface area contributed by atoms with Crippen molar-refractivity contribution in [3.05, 3.63) is 12.3 Å². The Labute approximate surface area is 80.4 Å². The summed E-state index contributed by atoms with van der Waals surface area (Å²) in [4.78, 5) is 2.08. The molecule has 13 heavy (non-hydrogen) atoms. The van der Waals surface area contributed by atoms with Gasteiger partial charge in [0.25, 0.3) is 0 Å². The molecular weight excluding hydrogens is 169 g/mol. The topological polar surface area (TPSA) is 12.5 Å². The zero-order valence-electron chi connectivity index (χ0n) is 8.79. The van der Waals surface area contributed by atoms with E-state index in [0.29, 0.717) is 6.42 Å². The van der Waals surface area contributed by atoms with Crippen molar-refractivity contribution in [2.45, 2.75) is 26.4 Å². The van der Waals surface area contributed by atoms with Crippen molar-refractivity contribution in [2.24, 2.45) is 0 Å². The van der Waals surface area contributed by atoms with Crippen LogP contribution in [0.25, 0.3) is 0 Å². The van der Waals surface area contributed by atoms with E-state index in [2.05, 4.69) is 4.90 Å². The van der Waals surface area contributed by atoms with Gasteiger partial charge in [0.05, 0.1) is 12.9 Å². The van der Waals surface area contributed by atoms with E-state index in [4.69, 9.17) is 4.74 Å². The zero-order chi connectivity index (χ0) is 10.1. The van der Waals surface area contributed by atoms with Crippen molar-refractivity contribution >= 4 is 0 Å². The SMILES string of the molecule is C/C=C/OC(C)CN(C)CCCF. The molecule has 0 N–H and O–H groups in total. The van der Waals surface area contributed by atoms with Crippen molar-refractivity contribution in [3.8, 4) is 0 Å². The largest absolute Gasteiger partial charge is 0.497 e. The standard InChI is InChI=1S/C10H20FNO/c1-4-8-13-10(2)9-12(3)7-5-6-11/h4,8,10H,5-7,9H2,1-3H3/b8-4+. The van der Waals surface area contributed by atoms with Gasteiger partial charge in [0.15, 0.2) is 0 Å². The van der Waals surface area contributed by atoms with E-state index in [1.165, 1.54) is 0 Å². The Morgan fingerprint density at radius 3 is 2.77 bits per heavy atom. The first-order valence-corrected chi connectivity index (χ1v) is 4.71. The number of nitrogens with zero attached hydrogens (tertiary/aromatic N) is 1. The molecule has 0 aliphatic heterocycles. The van der Waals surface area contributed by atoms with Crippen LogP contribution in [-0.4, -0.2) is 37.8 Å². The Hall–Kier alpha value is -0.570. The number of alkyl halides is 1. The van der Waals surface area contributed by atoms with Gasteiger partial charge >= 0.3 is 0 Å². The predicted octanol–water partition coefficient (Wildman–Crippen LogP) is 2.22. The van der Waals surface area contributed by atoms with Crippen molar-refractivity contribution in [1.82, 2.24) is 4.90 Å². The lowest BCUT2D eigenvalue weighted by molar-refractivity contribution is 0.117. The lowest BCUT2D eigenvalue weighted by atomic mass is 10.3. The smallest absolute Gasteiger partial charge is 0.108 e. The maximum Gasteiger partial charge on any atom is 0.108 e. The number of likely N-dealkylation sites (N-methyl/N-ethyl adjacent to an activating group) is 1. The zero-order valence-corrected chi connectivity index (χ0v) is 8.79. The number of hydrogen-bond acceptors (Lipinski definition) is 2. The van der Waals surface area contributed by atoms with Gasteiger partial charge in [-0.05, 0) is 27.3 Å². The molecule has 0 rings (SSSR count). The lowest BCUT2D eigenvalue weighted by Gasteiger charge is -2.20. The van der Waals surface area contributed by atoms with Gasteiger partial charge in [-0.15, -0.1) is 0 Å². The highest BCUT2D eigenvalue weighted by Crippen LogP contribution is 1.96. The van der Waals surface area contributed by atoms with Crippen molar-refractivity contribution < 1.29 is 9.13 Å². The average Bonchev–Trinajstić information content (AvgIpc) is 2.11. The summed E-state index contributed by atoms with van der Waals surface area (Å²) in [6.07, 6.45) is 4.32. The summed E-state index contributed by atoms with van der Waals surface area (Å²) < 4.78 is 17.2. The molecule has 0 aliphatic carbocycles. The summed E-state index contributed by atoms with van der Waals surface area (Å²) in [6.45, 7) is 5.31. The van der Waals surface area contributed by atoms with Gasteiger partial charge in [-0.1, -0.05) is 6.08 Å². The Bertz CT molecular complexity index is 139. The average molecular weight is 189 g/mol. The minimum Gasteiger partial charge on any atom is -0.497 e. The number of rotatable bonds is 7. The predicted molar refractivity (Wildman–Crippen MR) is 53.5 cm³/mol. The molecule has 0 aliphatic rings. The Morgan fingerprint density at radius 1 is 1.54 bits per heavy atom. The molecule has 0 bridgehead atoms. The fraction of sp³-hybridized carbons (Fsp3) is 0.800. The van der Waals surface area contributed by atoms with Crippen molar-refractivity contribution in [3.63, 3.8) is 0 Å². The second-order valence-electron chi connectivity index (χ2n) is 3.22. The monoisotopic (exact) mass is 189 g/mol. The molecule has 0 aromatic rings. The molecule has 0 saturated carbocycles. The minimum atomic E-state index is -0.242. The van der Waals surface area contributed by atoms with E-state index in [1.807, 2.05) is 27.0 Å². The van der Waals surface area contributed by atoms with Crippen LogP contribution < -0.4 is 0 Å². The molecule has 0 aromatic heterocycles. The van der Waals surface area contributed by atoms with E-state index in [9.17, 15) is 4.39 Å². The molecule has 2 nitrogen and oxygen atoms in total. The fourth-order valence-corrected chi connectivity index (χ4v) is 1.12. The molecule has 78 valence electrons.